The van der Waals surface area contributed by atoms with E-state index in [-0.39, 0.29) is 10.1 Å². The molecule has 0 saturated heterocycles. The summed E-state index contributed by atoms with van der Waals surface area (Å²) in [5.41, 5.74) is 1.38. The Balaban J connectivity index is 2.02. The van der Waals surface area contributed by atoms with Crippen molar-refractivity contribution in [3.8, 4) is 11.9 Å². The van der Waals surface area contributed by atoms with Crippen molar-refractivity contribution in [1.82, 2.24) is 9.36 Å². The molecule has 112 valence electrons. The molecule has 0 fully saturated rings. The molecular weight excluding hydrogens is 324 g/mol. The van der Waals surface area contributed by atoms with Gasteiger partial charge in [-0.2, -0.15) is 9.64 Å². The molecule has 0 bridgehead atoms. The topological polar surface area (TPSA) is 108 Å². The number of nitriles is 1. The minimum absolute atomic E-state index is 0.0495. The molecule has 0 spiro atoms. The van der Waals surface area contributed by atoms with Gasteiger partial charge in [-0.1, -0.05) is 12.1 Å². The van der Waals surface area contributed by atoms with E-state index < -0.39 is 10.0 Å². The molecule has 0 saturated carbocycles. The lowest BCUT2D eigenvalue weighted by molar-refractivity contribution is 0.402. The van der Waals surface area contributed by atoms with E-state index in [2.05, 4.69) is 14.1 Å². The zero-order chi connectivity index (χ0) is 15.7. The van der Waals surface area contributed by atoms with Crippen molar-refractivity contribution in [2.24, 2.45) is 0 Å². The molecule has 0 aliphatic rings. The first-order chi connectivity index (χ1) is 10.5. The second-order valence-electron chi connectivity index (χ2n) is 4.34. The van der Waals surface area contributed by atoms with Crippen molar-refractivity contribution in [3.05, 3.63) is 36.0 Å². The lowest BCUT2D eigenvalue weighted by atomic mass is 10.2. The number of hydrogen-bond acceptors (Lipinski definition) is 6. The average Bonchev–Trinajstić information content (AvgIpc) is 3.14. The Hall–Kier alpha value is -2.57. The van der Waals surface area contributed by atoms with Crippen molar-refractivity contribution in [2.45, 2.75) is 4.21 Å². The number of para-hydroxylation sites is 1. The maximum atomic E-state index is 12.4. The first-order valence-corrected chi connectivity index (χ1v) is 8.34. The molecule has 9 heteroatoms. The van der Waals surface area contributed by atoms with Crippen LogP contribution in [0, 0.1) is 11.3 Å². The number of aromatic nitrogens is 2. The van der Waals surface area contributed by atoms with Crippen LogP contribution in [0.1, 0.15) is 5.56 Å². The smallest absolute Gasteiger partial charge is 0.273 e. The Bertz CT molecular complexity index is 982. The highest BCUT2D eigenvalue weighted by atomic mass is 32.2. The molecule has 0 atom stereocenters. The molecular formula is C13H10N4O3S2. The van der Waals surface area contributed by atoms with Crippen molar-refractivity contribution in [1.29, 1.82) is 5.26 Å². The number of nitrogens with zero attached hydrogens (tertiary/aromatic N) is 2. The molecule has 3 aromatic rings. The van der Waals surface area contributed by atoms with E-state index in [0.29, 0.717) is 22.2 Å². The molecule has 0 aliphatic carbocycles. The molecule has 2 heterocycles. The van der Waals surface area contributed by atoms with E-state index in [4.69, 9.17) is 10.00 Å². The SMILES string of the molecule is COc1cc(S(=O)(=O)Nc2cccc3c(C#N)c[nH]c23)sn1. The van der Waals surface area contributed by atoms with E-state index >= 15 is 0 Å². The predicted molar refractivity (Wildman–Crippen MR) is 82.5 cm³/mol. The maximum Gasteiger partial charge on any atom is 0.273 e. The Labute approximate surface area is 130 Å². The van der Waals surface area contributed by atoms with Crippen LogP contribution in [0.5, 0.6) is 5.88 Å². The molecule has 0 unspecified atom stereocenters. The molecule has 2 aromatic heterocycles. The Morgan fingerprint density at radius 1 is 1.45 bits per heavy atom. The van der Waals surface area contributed by atoms with Gasteiger partial charge in [0.15, 0.2) is 4.21 Å². The van der Waals surface area contributed by atoms with E-state index in [1.807, 2.05) is 6.07 Å². The quantitative estimate of drug-likeness (QED) is 0.761. The third-order valence-corrected chi connectivity index (χ3v) is 5.61. The zero-order valence-corrected chi connectivity index (χ0v) is 13.0. The van der Waals surface area contributed by atoms with E-state index in [9.17, 15) is 8.42 Å². The monoisotopic (exact) mass is 334 g/mol. The molecule has 1 aromatic carbocycles. The molecule has 0 radical (unpaired) electrons. The number of anilines is 1. The van der Waals surface area contributed by atoms with Crippen LogP contribution >= 0.6 is 11.5 Å². The fraction of sp³-hybridized carbons (Fsp3) is 0.0769. The largest absolute Gasteiger partial charge is 0.480 e. The van der Waals surface area contributed by atoms with Gasteiger partial charge in [-0.3, -0.25) is 4.72 Å². The summed E-state index contributed by atoms with van der Waals surface area (Å²) in [6.45, 7) is 0. The van der Waals surface area contributed by atoms with Gasteiger partial charge in [-0.05, 0) is 17.6 Å². The zero-order valence-electron chi connectivity index (χ0n) is 11.3. The third-order valence-electron chi connectivity index (χ3n) is 3.02. The highest BCUT2D eigenvalue weighted by Gasteiger charge is 2.20. The third kappa shape index (κ3) is 2.38. The van der Waals surface area contributed by atoms with Crippen LogP contribution in [0.2, 0.25) is 0 Å². The van der Waals surface area contributed by atoms with Crippen LogP contribution in [0.25, 0.3) is 10.9 Å². The highest BCUT2D eigenvalue weighted by Crippen LogP contribution is 2.29. The number of rotatable bonds is 4. The van der Waals surface area contributed by atoms with E-state index in [1.54, 1.807) is 18.2 Å². The Morgan fingerprint density at radius 2 is 2.27 bits per heavy atom. The minimum Gasteiger partial charge on any atom is -0.480 e. The fourth-order valence-corrected chi connectivity index (χ4v) is 3.90. The molecule has 0 aliphatic heterocycles. The van der Waals surface area contributed by atoms with Gasteiger partial charge in [0.1, 0.15) is 6.07 Å². The summed E-state index contributed by atoms with van der Waals surface area (Å²) < 4.78 is 36.1. The number of methoxy groups -OCH3 is 1. The van der Waals surface area contributed by atoms with Crippen molar-refractivity contribution in [2.75, 3.05) is 11.8 Å². The van der Waals surface area contributed by atoms with Gasteiger partial charge in [0.05, 0.1) is 23.9 Å². The molecule has 3 rings (SSSR count). The average molecular weight is 334 g/mol. The van der Waals surface area contributed by atoms with Crippen LogP contribution in [0.15, 0.2) is 34.7 Å². The van der Waals surface area contributed by atoms with Crippen molar-refractivity contribution >= 4 is 38.1 Å². The summed E-state index contributed by atoms with van der Waals surface area (Å²) in [7, 11) is -2.35. The Kier molecular flexibility index (Phi) is 3.48. The van der Waals surface area contributed by atoms with Crippen LogP contribution in [0.3, 0.4) is 0 Å². The highest BCUT2D eigenvalue weighted by molar-refractivity contribution is 7.94. The summed E-state index contributed by atoms with van der Waals surface area (Å²) in [5.74, 6) is 0.246. The molecule has 22 heavy (non-hydrogen) atoms. The molecule has 2 N–H and O–H groups in total. The number of H-pyrrole nitrogens is 1. The minimum atomic E-state index is -3.77. The van der Waals surface area contributed by atoms with Gasteiger partial charge in [0.25, 0.3) is 10.0 Å². The van der Waals surface area contributed by atoms with Gasteiger partial charge in [0.2, 0.25) is 5.88 Å². The summed E-state index contributed by atoms with van der Waals surface area (Å²) >= 11 is 0.827. The first kappa shape index (κ1) is 14.4. The molecule has 0 amide bonds. The van der Waals surface area contributed by atoms with Gasteiger partial charge in [0, 0.05) is 17.6 Å². The lowest BCUT2D eigenvalue weighted by Crippen LogP contribution is -2.11. The van der Waals surface area contributed by atoms with Gasteiger partial charge >= 0.3 is 0 Å². The van der Waals surface area contributed by atoms with Crippen LogP contribution < -0.4 is 9.46 Å². The standard InChI is InChI=1S/C13H10N4O3S2/c1-20-11-5-12(21-16-11)22(18,19)17-10-4-2-3-9-8(6-14)7-15-13(9)10/h2-5,7,15,17H,1H3. The summed E-state index contributed by atoms with van der Waals surface area (Å²) in [6, 6.07) is 8.45. The van der Waals surface area contributed by atoms with Gasteiger partial charge < -0.3 is 9.72 Å². The maximum absolute atomic E-state index is 12.4. The number of nitrogens with one attached hydrogen (secondary N) is 2. The van der Waals surface area contributed by atoms with Crippen LogP contribution in [-0.4, -0.2) is 24.9 Å². The summed E-state index contributed by atoms with van der Waals surface area (Å²) in [4.78, 5) is 2.91. The Morgan fingerprint density at radius 3 is 2.95 bits per heavy atom. The van der Waals surface area contributed by atoms with Crippen molar-refractivity contribution in [3.63, 3.8) is 0 Å². The van der Waals surface area contributed by atoms with Gasteiger partial charge in [-0.15, -0.1) is 0 Å². The van der Waals surface area contributed by atoms with Crippen LogP contribution in [-0.2, 0) is 10.0 Å². The first-order valence-electron chi connectivity index (χ1n) is 6.09. The number of aromatic amines is 1. The van der Waals surface area contributed by atoms with E-state index in [1.165, 1.54) is 19.4 Å². The predicted octanol–water partition coefficient (Wildman–Crippen LogP) is 2.31. The number of benzene rings is 1. The van der Waals surface area contributed by atoms with Crippen LogP contribution in [0.4, 0.5) is 5.69 Å². The number of ether oxygens (including phenoxy) is 1. The lowest BCUT2D eigenvalue weighted by Gasteiger charge is -2.06. The van der Waals surface area contributed by atoms with Gasteiger partial charge in [-0.25, -0.2) is 8.42 Å². The molecule has 7 nitrogen and oxygen atoms in total. The van der Waals surface area contributed by atoms with E-state index in [0.717, 1.165) is 11.5 Å². The number of fused-ring (bicyclic) bond motifs is 1. The summed E-state index contributed by atoms with van der Waals surface area (Å²) in [6.07, 6.45) is 1.54. The second-order valence-corrected chi connectivity index (χ2v) is 7.05. The fourth-order valence-electron chi connectivity index (χ4n) is 1.99. The summed E-state index contributed by atoms with van der Waals surface area (Å²) in [5, 5.41) is 9.68. The number of sulfonamides is 1. The second kappa shape index (κ2) is 5.32. The number of hydrogen-bond donors (Lipinski definition) is 2. The normalized spacial score (nSPS) is 11.3. The van der Waals surface area contributed by atoms with Crippen molar-refractivity contribution < 1.29 is 13.2 Å².